The van der Waals surface area contributed by atoms with Crippen LogP contribution in [0.25, 0.3) is 0 Å². The van der Waals surface area contributed by atoms with Crippen LogP contribution in [0.4, 0.5) is 0 Å². The SMILES string of the molecule is C1CCC2CC3CCN(C3)C2CC1. The van der Waals surface area contributed by atoms with Crippen molar-refractivity contribution in [3.8, 4) is 0 Å². The zero-order valence-electron chi connectivity index (χ0n) is 8.54. The van der Waals surface area contributed by atoms with Gasteiger partial charge in [-0.1, -0.05) is 19.3 Å². The van der Waals surface area contributed by atoms with Crippen LogP contribution in [-0.4, -0.2) is 24.0 Å². The van der Waals surface area contributed by atoms with Crippen molar-refractivity contribution in [1.29, 1.82) is 0 Å². The zero-order chi connectivity index (χ0) is 8.67. The molecule has 2 saturated heterocycles. The van der Waals surface area contributed by atoms with Gasteiger partial charge in [0.25, 0.3) is 0 Å². The summed E-state index contributed by atoms with van der Waals surface area (Å²) in [6.07, 6.45) is 10.7. The van der Waals surface area contributed by atoms with Gasteiger partial charge < -0.3 is 0 Å². The van der Waals surface area contributed by atoms with Crippen LogP contribution in [-0.2, 0) is 0 Å². The van der Waals surface area contributed by atoms with E-state index in [1.165, 1.54) is 51.6 Å². The van der Waals surface area contributed by atoms with Crippen LogP contribution in [0.5, 0.6) is 0 Å². The van der Waals surface area contributed by atoms with Gasteiger partial charge in [-0.2, -0.15) is 0 Å². The van der Waals surface area contributed by atoms with E-state index in [9.17, 15) is 0 Å². The maximum Gasteiger partial charge on any atom is 0.0124 e. The number of rotatable bonds is 0. The molecule has 1 saturated carbocycles. The molecule has 3 rings (SSSR count). The fourth-order valence-corrected chi connectivity index (χ4v) is 3.90. The molecule has 0 aromatic heterocycles. The fourth-order valence-electron chi connectivity index (χ4n) is 3.90. The molecule has 3 fully saturated rings. The van der Waals surface area contributed by atoms with Crippen molar-refractivity contribution in [2.75, 3.05) is 13.1 Å². The molecule has 0 radical (unpaired) electrons. The zero-order valence-corrected chi connectivity index (χ0v) is 8.54. The highest BCUT2D eigenvalue weighted by Crippen LogP contribution is 2.40. The molecule has 0 aromatic rings. The van der Waals surface area contributed by atoms with Gasteiger partial charge in [-0.15, -0.1) is 0 Å². The highest BCUT2D eigenvalue weighted by atomic mass is 15.2. The maximum absolute atomic E-state index is 2.81. The molecule has 4 unspecified atom stereocenters. The molecule has 0 aromatic carbocycles. The van der Waals surface area contributed by atoms with E-state index in [2.05, 4.69) is 4.90 Å². The lowest BCUT2D eigenvalue weighted by Gasteiger charge is -2.38. The molecule has 1 aliphatic carbocycles. The van der Waals surface area contributed by atoms with Crippen molar-refractivity contribution in [2.45, 2.75) is 51.0 Å². The Morgan fingerprint density at radius 3 is 2.85 bits per heavy atom. The molecule has 2 bridgehead atoms. The van der Waals surface area contributed by atoms with Crippen molar-refractivity contribution in [2.24, 2.45) is 11.8 Å². The number of hydrogen-bond acceptors (Lipinski definition) is 1. The molecule has 4 atom stereocenters. The molecule has 3 aliphatic rings. The van der Waals surface area contributed by atoms with Crippen LogP contribution in [0.15, 0.2) is 0 Å². The van der Waals surface area contributed by atoms with Crippen LogP contribution >= 0.6 is 0 Å². The van der Waals surface area contributed by atoms with E-state index in [0.717, 1.165) is 17.9 Å². The van der Waals surface area contributed by atoms with Gasteiger partial charge in [-0.05, 0) is 44.1 Å². The van der Waals surface area contributed by atoms with E-state index in [0.29, 0.717) is 0 Å². The minimum absolute atomic E-state index is 1.00. The lowest BCUT2D eigenvalue weighted by Crippen LogP contribution is -2.42. The van der Waals surface area contributed by atoms with Crippen LogP contribution in [0.2, 0.25) is 0 Å². The van der Waals surface area contributed by atoms with Gasteiger partial charge in [0.05, 0.1) is 0 Å². The first-order chi connectivity index (χ1) is 6.43. The number of hydrogen-bond donors (Lipinski definition) is 0. The largest absolute Gasteiger partial charge is 0.300 e. The van der Waals surface area contributed by atoms with Crippen molar-refractivity contribution in [1.82, 2.24) is 4.90 Å². The molecule has 2 heterocycles. The molecule has 0 N–H and O–H groups in total. The second kappa shape index (κ2) is 3.27. The van der Waals surface area contributed by atoms with Gasteiger partial charge in [-0.25, -0.2) is 0 Å². The van der Waals surface area contributed by atoms with E-state index in [1.807, 2.05) is 0 Å². The molecular formula is C12H21N. The van der Waals surface area contributed by atoms with Crippen LogP contribution in [0.3, 0.4) is 0 Å². The predicted molar refractivity (Wildman–Crippen MR) is 54.7 cm³/mol. The first-order valence-electron chi connectivity index (χ1n) is 6.17. The summed E-state index contributed by atoms with van der Waals surface area (Å²) >= 11 is 0. The summed E-state index contributed by atoms with van der Waals surface area (Å²) in [6.45, 7) is 2.87. The summed E-state index contributed by atoms with van der Waals surface area (Å²) in [5.41, 5.74) is 0. The molecule has 0 spiro atoms. The van der Waals surface area contributed by atoms with Crippen molar-refractivity contribution in [3.63, 3.8) is 0 Å². The third-order valence-corrected chi connectivity index (χ3v) is 4.54. The number of fused-ring (bicyclic) bond motifs is 4. The van der Waals surface area contributed by atoms with Gasteiger partial charge in [0.15, 0.2) is 0 Å². The van der Waals surface area contributed by atoms with Crippen LogP contribution in [0, 0.1) is 11.8 Å². The van der Waals surface area contributed by atoms with E-state index >= 15 is 0 Å². The highest BCUT2D eigenvalue weighted by molar-refractivity contribution is 4.93. The lowest BCUT2D eigenvalue weighted by atomic mass is 9.83. The Balaban J connectivity index is 1.78. The molecule has 2 aliphatic heterocycles. The first-order valence-corrected chi connectivity index (χ1v) is 6.17. The summed E-state index contributed by atoms with van der Waals surface area (Å²) in [5, 5.41) is 0. The van der Waals surface area contributed by atoms with E-state index in [4.69, 9.17) is 0 Å². The summed E-state index contributed by atoms with van der Waals surface area (Å²) < 4.78 is 0. The van der Waals surface area contributed by atoms with E-state index < -0.39 is 0 Å². The van der Waals surface area contributed by atoms with Gasteiger partial charge in [-0.3, -0.25) is 4.90 Å². The average molecular weight is 179 g/mol. The third-order valence-electron chi connectivity index (χ3n) is 4.54. The quantitative estimate of drug-likeness (QED) is 0.552. The number of piperidine rings is 1. The minimum Gasteiger partial charge on any atom is -0.300 e. The maximum atomic E-state index is 2.81. The van der Waals surface area contributed by atoms with Gasteiger partial charge in [0, 0.05) is 12.6 Å². The van der Waals surface area contributed by atoms with Gasteiger partial charge >= 0.3 is 0 Å². The monoisotopic (exact) mass is 179 g/mol. The van der Waals surface area contributed by atoms with Crippen LogP contribution in [0.1, 0.15) is 44.9 Å². The van der Waals surface area contributed by atoms with Gasteiger partial charge in [0.2, 0.25) is 0 Å². The Kier molecular flexibility index (Phi) is 2.08. The Morgan fingerprint density at radius 1 is 0.923 bits per heavy atom. The smallest absolute Gasteiger partial charge is 0.0124 e. The highest BCUT2D eigenvalue weighted by Gasteiger charge is 2.39. The van der Waals surface area contributed by atoms with Crippen molar-refractivity contribution in [3.05, 3.63) is 0 Å². The Bertz CT molecular complexity index is 190. The predicted octanol–water partition coefficient (Wildman–Crippen LogP) is 2.66. The molecule has 74 valence electrons. The molecular weight excluding hydrogens is 158 g/mol. The third kappa shape index (κ3) is 1.41. The molecule has 1 heteroatoms. The standard InChI is InChI=1S/C12H21N/c1-2-4-11-8-10-6-7-13(9-10)12(11)5-3-1/h10-12H,1-9H2. The summed E-state index contributed by atoms with van der Waals surface area (Å²) in [6, 6.07) is 1.00. The summed E-state index contributed by atoms with van der Waals surface area (Å²) in [4.78, 5) is 2.81. The number of nitrogens with zero attached hydrogens (tertiary/aromatic N) is 1. The van der Waals surface area contributed by atoms with Crippen molar-refractivity contribution >= 4 is 0 Å². The van der Waals surface area contributed by atoms with Crippen LogP contribution < -0.4 is 0 Å². The summed E-state index contributed by atoms with van der Waals surface area (Å²) in [7, 11) is 0. The Morgan fingerprint density at radius 2 is 1.85 bits per heavy atom. The first kappa shape index (κ1) is 8.28. The Labute approximate surface area is 81.5 Å². The van der Waals surface area contributed by atoms with Gasteiger partial charge in [0.1, 0.15) is 0 Å². The topological polar surface area (TPSA) is 3.24 Å². The molecule has 13 heavy (non-hydrogen) atoms. The lowest BCUT2D eigenvalue weighted by molar-refractivity contribution is 0.109. The average Bonchev–Trinajstić information content (AvgIpc) is 2.38. The second-order valence-electron chi connectivity index (χ2n) is 5.35. The normalized spacial score (nSPS) is 49.8. The second-order valence-corrected chi connectivity index (χ2v) is 5.35. The summed E-state index contributed by atoms with van der Waals surface area (Å²) in [5.74, 6) is 2.17. The van der Waals surface area contributed by atoms with Crippen molar-refractivity contribution < 1.29 is 0 Å². The molecule has 1 nitrogen and oxygen atoms in total. The molecule has 0 amide bonds. The Hall–Kier alpha value is -0.0400. The van der Waals surface area contributed by atoms with E-state index in [-0.39, 0.29) is 0 Å². The minimum atomic E-state index is 1.00. The van der Waals surface area contributed by atoms with E-state index in [1.54, 1.807) is 6.42 Å². The fraction of sp³-hybridized carbons (Fsp3) is 1.00.